The molecule has 0 aliphatic carbocycles. The lowest BCUT2D eigenvalue weighted by atomic mass is 9.99. The lowest BCUT2D eigenvalue weighted by Gasteiger charge is -2.32. The largest absolute Gasteiger partial charge is 0.372 e. The maximum atomic E-state index is 12.3. The molecule has 4 nitrogen and oxygen atoms in total. The maximum Gasteiger partial charge on any atom is 0.321 e. The van der Waals surface area contributed by atoms with Gasteiger partial charge in [0, 0.05) is 37.6 Å². The zero-order valence-corrected chi connectivity index (χ0v) is 14.8. The van der Waals surface area contributed by atoms with Crippen molar-refractivity contribution in [2.75, 3.05) is 36.4 Å². The molecule has 1 aliphatic rings. The number of nitrogens with zero attached hydrogens (tertiary/aromatic N) is 2. The second-order valence-corrected chi connectivity index (χ2v) is 6.63. The van der Waals surface area contributed by atoms with E-state index in [2.05, 4.69) is 43.1 Å². The monoisotopic (exact) mass is 317 g/mol. The normalized spacial score (nSPS) is 15.5. The molecule has 0 aromatic heterocycles. The summed E-state index contributed by atoms with van der Waals surface area (Å²) in [5.74, 6) is 0.841. The van der Waals surface area contributed by atoms with Crippen LogP contribution in [-0.4, -0.2) is 37.1 Å². The van der Waals surface area contributed by atoms with E-state index in [0.717, 1.165) is 50.6 Å². The first-order chi connectivity index (χ1) is 11.1. The van der Waals surface area contributed by atoms with E-state index in [-0.39, 0.29) is 6.03 Å². The summed E-state index contributed by atoms with van der Waals surface area (Å²) < 4.78 is 0. The van der Waals surface area contributed by atoms with Gasteiger partial charge in [0.1, 0.15) is 0 Å². The molecule has 4 heteroatoms. The number of carbonyl (C=O) groups excluding carboxylic acids is 1. The van der Waals surface area contributed by atoms with Gasteiger partial charge in [-0.2, -0.15) is 0 Å². The van der Waals surface area contributed by atoms with E-state index >= 15 is 0 Å². The number of rotatable bonds is 6. The highest BCUT2D eigenvalue weighted by Gasteiger charge is 2.16. The summed E-state index contributed by atoms with van der Waals surface area (Å²) in [4.78, 5) is 16.6. The molecule has 0 spiro atoms. The summed E-state index contributed by atoms with van der Waals surface area (Å²) in [6.07, 6.45) is 4.50. The Balaban J connectivity index is 1.92. The standard InChI is InChI=1S/C19H31N3O/c1-4-12-22(13-5-2)19(23)20-17-6-8-18(9-7-17)21-14-10-16(3)11-15-21/h6-9,16H,4-5,10-15H2,1-3H3,(H,20,23). The fourth-order valence-corrected chi connectivity index (χ4v) is 3.08. The quantitative estimate of drug-likeness (QED) is 0.833. The van der Waals surface area contributed by atoms with Crippen molar-refractivity contribution in [3.63, 3.8) is 0 Å². The van der Waals surface area contributed by atoms with Crippen LogP contribution in [0.1, 0.15) is 46.5 Å². The highest BCUT2D eigenvalue weighted by molar-refractivity contribution is 5.89. The number of hydrogen-bond donors (Lipinski definition) is 1. The molecule has 1 heterocycles. The third-order valence-electron chi connectivity index (χ3n) is 4.54. The van der Waals surface area contributed by atoms with Crippen molar-refractivity contribution in [2.45, 2.75) is 46.5 Å². The summed E-state index contributed by atoms with van der Waals surface area (Å²) in [5, 5.41) is 3.02. The van der Waals surface area contributed by atoms with Crippen molar-refractivity contribution < 1.29 is 4.79 Å². The van der Waals surface area contributed by atoms with Gasteiger partial charge in [-0.15, -0.1) is 0 Å². The van der Waals surface area contributed by atoms with Crippen LogP contribution < -0.4 is 10.2 Å². The predicted octanol–water partition coefficient (Wildman–Crippen LogP) is 4.58. The second kappa shape index (κ2) is 8.80. The first-order valence-corrected chi connectivity index (χ1v) is 9.05. The van der Waals surface area contributed by atoms with E-state index < -0.39 is 0 Å². The van der Waals surface area contributed by atoms with Crippen LogP contribution in [0.5, 0.6) is 0 Å². The molecule has 1 aromatic carbocycles. The Kier molecular flexibility index (Phi) is 6.75. The summed E-state index contributed by atoms with van der Waals surface area (Å²) in [7, 11) is 0. The predicted molar refractivity (Wildman–Crippen MR) is 98.2 cm³/mol. The fourth-order valence-electron chi connectivity index (χ4n) is 3.08. The Morgan fingerprint density at radius 3 is 2.22 bits per heavy atom. The number of piperidine rings is 1. The van der Waals surface area contributed by atoms with E-state index in [9.17, 15) is 4.79 Å². The molecule has 2 amide bonds. The van der Waals surface area contributed by atoms with E-state index in [1.807, 2.05) is 17.0 Å². The topological polar surface area (TPSA) is 35.6 Å². The van der Waals surface area contributed by atoms with Gasteiger partial charge in [0.2, 0.25) is 0 Å². The molecular weight excluding hydrogens is 286 g/mol. The minimum absolute atomic E-state index is 0.00764. The van der Waals surface area contributed by atoms with Gasteiger partial charge in [-0.1, -0.05) is 20.8 Å². The minimum Gasteiger partial charge on any atom is -0.372 e. The zero-order valence-electron chi connectivity index (χ0n) is 14.8. The Morgan fingerprint density at radius 2 is 1.70 bits per heavy atom. The van der Waals surface area contributed by atoms with Gasteiger partial charge >= 0.3 is 6.03 Å². The number of urea groups is 1. The number of benzene rings is 1. The lowest BCUT2D eigenvalue weighted by molar-refractivity contribution is 0.211. The van der Waals surface area contributed by atoms with Crippen LogP contribution in [0.15, 0.2) is 24.3 Å². The molecule has 1 N–H and O–H groups in total. The van der Waals surface area contributed by atoms with E-state index in [4.69, 9.17) is 0 Å². The van der Waals surface area contributed by atoms with Crippen molar-refractivity contribution in [2.24, 2.45) is 5.92 Å². The van der Waals surface area contributed by atoms with E-state index in [1.54, 1.807) is 0 Å². The Labute approximate surface area is 140 Å². The van der Waals surface area contributed by atoms with Crippen molar-refractivity contribution in [3.8, 4) is 0 Å². The van der Waals surface area contributed by atoms with E-state index in [0.29, 0.717) is 0 Å². The first-order valence-electron chi connectivity index (χ1n) is 9.05. The smallest absolute Gasteiger partial charge is 0.321 e. The molecule has 0 atom stereocenters. The molecule has 1 aliphatic heterocycles. The van der Waals surface area contributed by atoms with Gasteiger partial charge < -0.3 is 15.1 Å². The molecular formula is C19H31N3O. The van der Waals surface area contributed by atoms with Gasteiger partial charge in [0.05, 0.1) is 0 Å². The van der Waals surface area contributed by atoms with Crippen molar-refractivity contribution in [1.82, 2.24) is 4.90 Å². The van der Waals surface area contributed by atoms with Crippen LogP contribution in [0.4, 0.5) is 16.2 Å². The van der Waals surface area contributed by atoms with Gasteiger partial charge in [0.15, 0.2) is 0 Å². The molecule has 1 saturated heterocycles. The van der Waals surface area contributed by atoms with Crippen LogP contribution in [0.2, 0.25) is 0 Å². The highest BCUT2D eigenvalue weighted by atomic mass is 16.2. The van der Waals surface area contributed by atoms with Gasteiger partial charge in [-0.3, -0.25) is 0 Å². The number of anilines is 2. The van der Waals surface area contributed by atoms with Crippen LogP contribution in [0, 0.1) is 5.92 Å². The first kappa shape index (κ1) is 17.6. The molecule has 0 saturated carbocycles. The van der Waals surface area contributed by atoms with Crippen LogP contribution in [0.25, 0.3) is 0 Å². The zero-order chi connectivity index (χ0) is 16.7. The number of hydrogen-bond acceptors (Lipinski definition) is 2. The van der Waals surface area contributed by atoms with Crippen LogP contribution >= 0.6 is 0 Å². The van der Waals surface area contributed by atoms with Crippen molar-refractivity contribution >= 4 is 17.4 Å². The average molecular weight is 317 g/mol. The molecule has 128 valence electrons. The van der Waals surface area contributed by atoms with Crippen molar-refractivity contribution in [1.29, 1.82) is 0 Å². The molecule has 0 unspecified atom stereocenters. The molecule has 1 fully saturated rings. The van der Waals surface area contributed by atoms with Crippen LogP contribution in [-0.2, 0) is 0 Å². The average Bonchev–Trinajstić information content (AvgIpc) is 2.56. The lowest BCUT2D eigenvalue weighted by Crippen LogP contribution is -2.36. The summed E-state index contributed by atoms with van der Waals surface area (Å²) >= 11 is 0. The third kappa shape index (κ3) is 5.15. The van der Waals surface area contributed by atoms with Gasteiger partial charge in [0.25, 0.3) is 0 Å². The maximum absolute atomic E-state index is 12.3. The number of carbonyl (C=O) groups is 1. The van der Waals surface area contributed by atoms with Gasteiger partial charge in [-0.25, -0.2) is 4.79 Å². The van der Waals surface area contributed by atoms with Crippen LogP contribution in [0.3, 0.4) is 0 Å². The second-order valence-electron chi connectivity index (χ2n) is 6.63. The molecule has 0 bridgehead atoms. The minimum atomic E-state index is 0.00764. The molecule has 1 aromatic rings. The SMILES string of the molecule is CCCN(CCC)C(=O)Nc1ccc(N2CCC(C)CC2)cc1. The summed E-state index contributed by atoms with van der Waals surface area (Å²) in [6.45, 7) is 10.4. The Morgan fingerprint density at radius 1 is 1.13 bits per heavy atom. The van der Waals surface area contributed by atoms with Crippen molar-refractivity contribution in [3.05, 3.63) is 24.3 Å². The number of amides is 2. The Bertz CT molecular complexity index is 472. The molecule has 0 radical (unpaired) electrons. The van der Waals surface area contributed by atoms with E-state index in [1.165, 1.54) is 18.5 Å². The Hall–Kier alpha value is -1.71. The summed E-state index contributed by atoms with van der Waals surface area (Å²) in [5.41, 5.74) is 2.13. The third-order valence-corrected chi connectivity index (χ3v) is 4.54. The highest BCUT2D eigenvalue weighted by Crippen LogP contribution is 2.24. The van der Waals surface area contributed by atoms with Gasteiger partial charge in [-0.05, 0) is 55.9 Å². The summed E-state index contributed by atoms with van der Waals surface area (Å²) in [6, 6.07) is 8.28. The number of nitrogens with one attached hydrogen (secondary N) is 1. The molecule has 2 rings (SSSR count). The molecule has 23 heavy (non-hydrogen) atoms. The fraction of sp³-hybridized carbons (Fsp3) is 0.632.